The SMILES string of the molecule is CNC(=O)C(C)(C)n1cc(N)cn1.CNC(=O)C(C)(C)n1cc(Nc2nccc(-c3ccc(CCC(=O)N4CC(OC(C)C)C4)c(C)c3)n2)cn1.Cc1cc(-c2ccnc(Cl)n2)ccc1CCC(=O)N1CC(OC(C)C)C1. The maximum absolute atomic E-state index is 12.5. The van der Waals surface area contributed by atoms with Gasteiger partial charge in [-0.05, 0) is 140 Å². The van der Waals surface area contributed by atoms with Crippen LogP contribution >= 0.6 is 11.6 Å². The predicted octanol–water partition coefficient (Wildman–Crippen LogP) is 7.06. The van der Waals surface area contributed by atoms with Gasteiger partial charge in [-0.25, -0.2) is 19.9 Å². The Bertz CT molecular complexity index is 2980. The number of ether oxygens (including phenoxy) is 2. The number of carbonyl (C=O) groups is 4. The zero-order chi connectivity index (χ0) is 56.2. The highest BCUT2D eigenvalue weighted by atomic mass is 35.5. The summed E-state index contributed by atoms with van der Waals surface area (Å²) in [6.45, 7) is 22.1. The summed E-state index contributed by atoms with van der Waals surface area (Å²) in [5.74, 6) is 0.557. The highest BCUT2D eigenvalue weighted by molar-refractivity contribution is 6.28. The van der Waals surface area contributed by atoms with E-state index in [-0.39, 0.29) is 53.3 Å². The Balaban J connectivity index is 0.000000211. The lowest BCUT2D eigenvalue weighted by Gasteiger charge is -2.40. The maximum atomic E-state index is 12.5. The molecule has 412 valence electrons. The molecule has 20 nitrogen and oxygen atoms in total. The van der Waals surface area contributed by atoms with Gasteiger partial charge in [0.2, 0.25) is 34.9 Å². The summed E-state index contributed by atoms with van der Waals surface area (Å²) in [4.78, 5) is 69.3. The molecule has 77 heavy (non-hydrogen) atoms. The van der Waals surface area contributed by atoms with E-state index in [1.165, 1.54) is 11.8 Å². The van der Waals surface area contributed by atoms with Crippen molar-refractivity contribution in [3.05, 3.63) is 113 Å². The van der Waals surface area contributed by atoms with Crippen molar-refractivity contribution >= 4 is 52.6 Å². The molecule has 0 atom stereocenters. The maximum Gasteiger partial charge on any atom is 0.247 e. The molecule has 6 heterocycles. The lowest BCUT2D eigenvalue weighted by atomic mass is 9.99. The molecular formula is C56H75ClN14O6. The number of likely N-dealkylation sites (tertiary alicyclic amines) is 2. The number of nitrogens with two attached hydrogens (primary N) is 1. The van der Waals surface area contributed by atoms with Gasteiger partial charge in [0.25, 0.3) is 0 Å². The molecule has 0 spiro atoms. The summed E-state index contributed by atoms with van der Waals surface area (Å²) >= 11 is 5.86. The Morgan fingerprint density at radius 2 is 1.13 bits per heavy atom. The number of anilines is 3. The number of nitrogens with zero attached hydrogens (tertiary/aromatic N) is 10. The first kappa shape index (κ1) is 59.0. The fraction of sp³-hybridized carbons (Fsp3) is 0.464. The molecule has 2 fully saturated rings. The average molecular weight is 1080 g/mol. The molecular weight excluding hydrogens is 1000 g/mol. The number of aromatic nitrogens is 8. The van der Waals surface area contributed by atoms with Gasteiger partial charge in [0, 0.05) is 89.0 Å². The third-order valence-electron chi connectivity index (χ3n) is 13.3. The summed E-state index contributed by atoms with van der Waals surface area (Å²) in [6, 6.07) is 16.0. The van der Waals surface area contributed by atoms with E-state index in [0.717, 1.165) is 45.6 Å². The van der Waals surface area contributed by atoms with Crippen molar-refractivity contribution in [3.63, 3.8) is 0 Å². The third kappa shape index (κ3) is 15.9. The number of likely N-dealkylation sites (N-methyl/N-ethyl adjacent to an activating group) is 2. The third-order valence-corrected chi connectivity index (χ3v) is 13.4. The Hall–Kier alpha value is -7.29. The van der Waals surface area contributed by atoms with Crippen LogP contribution in [0.15, 0.2) is 85.7 Å². The molecule has 5 N–H and O–H groups in total. The Morgan fingerprint density at radius 1 is 0.675 bits per heavy atom. The molecule has 0 bridgehead atoms. The van der Waals surface area contributed by atoms with Gasteiger partial charge in [-0.15, -0.1) is 0 Å². The van der Waals surface area contributed by atoms with E-state index < -0.39 is 11.1 Å². The lowest BCUT2D eigenvalue weighted by molar-refractivity contribution is -0.148. The van der Waals surface area contributed by atoms with Crippen molar-refractivity contribution in [1.82, 2.24) is 59.9 Å². The molecule has 21 heteroatoms. The van der Waals surface area contributed by atoms with E-state index in [9.17, 15) is 19.2 Å². The first-order valence-corrected chi connectivity index (χ1v) is 26.3. The number of benzene rings is 2. The summed E-state index contributed by atoms with van der Waals surface area (Å²) in [6.07, 6.45) is 13.1. The fourth-order valence-corrected chi connectivity index (χ4v) is 8.80. The summed E-state index contributed by atoms with van der Waals surface area (Å²) in [5.41, 5.74) is 13.3. The minimum absolute atomic E-state index is 0.101. The van der Waals surface area contributed by atoms with Crippen molar-refractivity contribution in [1.29, 1.82) is 0 Å². The van der Waals surface area contributed by atoms with E-state index >= 15 is 0 Å². The zero-order valence-corrected chi connectivity index (χ0v) is 47.2. The molecule has 0 aliphatic carbocycles. The van der Waals surface area contributed by atoms with Crippen LogP contribution in [0.2, 0.25) is 5.28 Å². The van der Waals surface area contributed by atoms with Gasteiger partial charge in [-0.2, -0.15) is 10.2 Å². The van der Waals surface area contributed by atoms with Crippen molar-refractivity contribution in [3.8, 4) is 22.5 Å². The predicted molar refractivity (Wildman–Crippen MR) is 298 cm³/mol. The normalized spacial score (nSPS) is 13.7. The van der Waals surface area contributed by atoms with Crippen LogP contribution in [0.4, 0.5) is 17.3 Å². The lowest BCUT2D eigenvalue weighted by Crippen LogP contribution is -2.55. The minimum Gasteiger partial charge on any atom is -0.396 e. The average Bonchev–Trinajstić information content (AvgIpc) is 4.05. The highest BCUT2D eigenvalue weighted by Gasteiger charge is 2.34. The molecule has 0 saturated carbocycles. The number of rotatable bonds is 18. The number of hydrogen-bond acceptors (Lipinski definition) is 14. The van der Waals surface area contributed by atoms with E-state index in [1.807, 2.05) is 61.8 Å². The molecule has 0 unspecified atom stereocenters. The van der Waals surface area contributed by atoms with Crippen molar-refractivity contribution < 1.29 is 28.7 Å². The van der Waals surface area contributed by atoms with Crippen LogP contribution in [-0.4, -0.2) is 138 Å². The molecule has 8 rings (SSSR count). The molecule has 2 aromatic carbocycles. The van der Waals surface area contributed by atoms with Crippen LogP contribution in [0.25, 0.3) is 22.5 Å². The monoisotopic (exact) mass is 1070 g/mol. The van der Waals surface area contributed by atoms with Crippen molar-refractivity contribution in [2.24, 2.45) is 0 Å². The van der Waals surface area contributed by atoms with Crippen molar-refractivity contribution in [2.75, 3.05) is 51.3 Å². The smallest absolute Gasteiger partial charge is 0.247 e. The second kappa shape index (κ2) is 26.2. The largest absolute Gasteiger partial charge is 0.396 e. The van der Waals surface area contributed by atoms with Gasteiger partial charge in [-0.3, -0.25) is 28.5 Å². The second-order valence-corrected chi connectivity index (χ2v) is 21.1. The van der Waals surface area contributed by atoms with Gasteiger partial charge in [0.05, 0.1) is 59.6 Å². The van der Waals surface area contributed by atoms with E-state index in [2.05, 4.69) is 84.2 Å². The van der Waals surface area contributed by atoms with E-state index in [1.54, 1.807) is 82.1 Å². The summed E-state index contributed by atoms with van der Waals surface area (Å²) in [7, 11) is 3.20. The molecule has 2 saturated heterocycles. The standard InChI is InChI=1S/C28H37N7O3.C20H24ClN3O2.C8H14N4O/c1-18(2)38-23-16-34(17-23)25(36)10-9-20-7-8-21(13-19(20)3)24-11-12-30-27(33-24)32-22-14-31-35(15-22)28(4,5)26(37)29-6;1-13(2)26-17-11-24(12-17)19(25)7-6-15-4-5-16(10-14(15)3)18-8-9-22-20(21)23-18;1-8(2,7(13)10-3)12-5-6(9)4-11-12/h7-8,11-15,18,23H,9-10,16-17H2,1-6H3,(H,29,37)(H,30,32,33);4-5,8-10,13,17H,6-7,11-12H2,1-3H3;4-5H,9H2,1-3H3,(H,10,13). The first-order chi connectivity index (χ1) is 36.5. The Kier molecular flexibility index (Phi) is 20.0. The number of nitrogens with one attached hydrogen (secondary N) is 3. The van der Waals surface area contributed by atoms with E-state index in [4.69, 9.17) is 26.8 Å². The first-order valence-electron chi connectivity index (χ1n) is 25.9. The number of amides is 4. The number of aryl methyl sites for hydroxylation is 4. The quantitative estimate of drug-likeness (QED) is 0.0630. The molecule has 2 aliphatic heterocycles. The van der Waals surface area contributed by atoms with Gasteiger partial charge >= 0.3 is 0 Å². The van der Waals surface area contributed by atoms with Gasteiger partial charge in [0.1, 0.15) is 11.1 Å². The topological polar surface area (TPSA) is 243 Å². The second-order valence-electron chi connectivity index (χ2n) is 20.8. The molecule has 4 aromatic heterocycles. The number of hydrogen-bond donors (Lipinski definition) is 4. The van der Waals surface area contributed by atoms with Crippen LogP contribution in [0.1, 0.15) is 90.5 Å². The van der Waals surface area contributed by atoms with Gasteiger partial charge in [-0.1, -0.05) is 24.3 Å². The van der Waals surface area contributed by atoms with Crippen LogP contribution in [-0.2, 0) is 52.6 Å². The summed E-state index contributed by atoms with van der Waals surface area (Å²) in [5, 5.41) is 17.0. The minimum atomic E-state index is -0.832. The zero-order valence-electron chi connectivity index (χ0n) is 46.4. The highest BCUT2D eigenvalue weighted by Crippen LogP contribution is 2.27. The van der Waals surface area contributed by atoms with Crippen LogP contribution < -0.4 is 21.7 Å². The van der Waals surface area contributed by atoms with Crippen LogP contribution in [0.5, 0.6) is 0 Å². The van der Waals surface area contributed by atoms with Crippen molar-refractivity contribution in [2.45, 2.75) is 130 Å². The summed E-state index contributed by atoms with van der Waals surface area (Å²) < 4.78 is 14.6. The fourth-order valence-electron chi connectivity index (χ4n) is 8.66. The number of nitrogen functional groups attached to an aromatic ring is 1. The Morgan fingerprint density at radius 3 is 1.56 bits per heavy atom. The molecule has 4 amide bonds. The van der Waals surface area contributed by atoms with Crippen LogP contribution in [0, 0.1) is 13.8 Å². The molecule has 2 aliphatic rings. The Labute approximate surface area is 456 Å². The van der Waals surface area contributed by atoms with Gasteiger partial charge in [0.15, 0.2) is 0 Å². The van der Waals surface area contributed by atoms with Crippen LogP contribution in [0.3, 0.4) is 0 Å². The van der Waals surface area contributed by atoms with Gasteiger partial charge < -0.3 is 41.0 Å². The molecule has 6 aromatic rings. The number of carbonyl (C=O) groups excluding carboxylic acids is 4. The number of halogens is 1. The van der Waals surface area contributed by atoms with E-state index in [0.29, 0.717) is 62.8 Å². The molecule has 0 radical (unpaired) electrons.